The van der Waals surface area contributed by atoms with Crippen LogP contribution in [0.1, 0.15) is 49.3 Å². The molecule has 1 heterocycles. The van der Waals surface area contributed by atoms with Crippen LogP contribution >= 0.6 is 0 Å². The Bertz CT molecular complexity index is 603. The number of carbonyl (C=O) groups is 1. The Morgan fingerprint density at radius 1 is 1.15 bits per heavy atom. The first kappa shape index (κ1) is 16.2. The molecule has 1 aromatic heterocycles. The van der Waals surface area contributed by atoms with Crippen molar-refractivity contribution in [3.8, 4) is 0 Å². The summed E-state index contributed by atoms with van der Waals surface area (Å²) in [5.74, 6) is -0.0239. The van der Waals surface area contributed by atoms with Gasteiger partial charge in [0.05, 0.1) is 11.1 Å². The molecule has 20 heavy (non-hydrogen) atoms. The van der Waals surface area contributed by atoms with Crippen molar-refractivity contribution in [1.82, 2.24) is 10.3 Å². The number of aryl methyl sites for hydroxylation is 1. The van der Waals surface area contributed by atoms with E-state index in [-0.39, 0.29) is 11.9 Å². The van der Waals surface area contributed by atoms with Crippen LogP contribution < -0.4 is 5.32 Å². The van der Waals surface area contributed by atoms with Gasteiger partial charge < -0.3 is 5.32 Å². The zero-order valence-electron chi connectivity index (χ0n) is 13.2. The minimum absolute atomic E-state index is 0.0239. The molecule has 0 aliphatic rings. The number of para-hydroxylation sites is 1. The van der Waals surface area contributed by atoms with Crippen LogP contribution in [0.3, 0.4) is 0 Å². The third kappa shape index (κ3) is 3.35. The molecule has 1 aromatic carbocycles. The highest BCUT2D eigenvalue weighted by Gasteiger charge is 2.16. The second kappa shape index (κ2) is 7.04. The maximum absolute atomic E-state index is 12.3. The molecule has 0 aliphatic heterocycles. The van der Waals surface area contributed by atoms with Gasteiger partial charge in [-0.05, 0) is 39.3 Å². The van der Waals surface area contributed by atoms with Crippen LogP contribution in [0.2, 0.25) is 0 Å². The number of rotatable bonds is 2. The SMILES string of the molecule is CC.Cc1nc2ccccc2c(C(=O)NC(C)C)c1C. The summed E-state index contributed by atoms with van der Waals surface area (Å²) in [7, 11) is 0. The number of hydrogen-bond donors (Lipinski definition) is 1. The fourth-order valence-corrected chi connectivity index (χ4v) is 2.06. The van der Waals surface area contributed by atoms with Crippen LogP contribution in [0.5, 0.6) is 0 Å². The van der Waals surface area contributed by atoms with Gasteiger partial charge in [0.15, 0.2) is 0 Å². The lowest BCUT2D eigenvalue weighted by Crippen LogP contribution is -2.31. The third-order valence-electron chi connectivity index (χ3n) is 3.03. The van der Waals surface area contributed by atoms with E-state index < -0.39 is 0 Å². The van der Waals surface area contributed by atoms with E-state index in [2.05, 4.69) is 10.3 Å². The molecule has 3 nitrogen and oxygen atoms in total. The second-order valence-electron chi connectivity index (χ2n) is 4.84. The van der Waals surface area contributed by atoms with Crippen molar-refractivity contribution in [2.75, 3.05) is 0 Å². The number of fused-ring (bicyclic) bond motifs is 1. The minimum Gasteiger partial charge on any atom is -0.350 e. The molecule has 0 radical (unpaired) electrons. The van der Waals surface area contributed by atoms with Crippen molar-refractivity contribution < 1.29 is 4.79 Å². The molecular weight excluding hydrogens is 248 g/mol. The maximum atomic E-state index is 12.3. The number of aromatic nitrogens is 1. The summed E-state index contributed by atoms with van der Waals surface area (Å²) >= 11 is 0. The molecule has 0 bridgehead atoms. The van der Waals surface area contributed by atoms with Gasteiger partial charge in [0.2, 0.25) is 0 Å². The molecule has 0 atom stereocenters. The second-order valence-corrected chi connectivity index (χ2v) is 4.84. The molecule has 1 amide bonds. The van der Waals surface area contributed by atoms with Gasteiger partial charge in [0.1, 0.15) is 0 Å². The normalized spacial score (nSPS) is 10.2. The molecule has 0 fully saturated rings. The van der Waals surface area contributed by atoms with Crippen LogP contribution in [0.15, 0.2) is 24.3 Å². The summed E-state index contributed by atoms with van der Waals surface area (Å²) in [5, 5.41) is 3.87. The Morgan fingerprint density at radius 3 is 2.35 bits per heavy atom. The number of amides is 1. The molecule has 0 spiro atoms. The van der Waals surface area contributed by atoms with Crippen molar-refractivity contribution in [3.05, 3.63) is 41.1 Å². The molecule has 1 N–H and O–H groups in total. The Labute approximate surface area is 121 Å². The van der Waals surface area contributed by atoms with Gasteiger partial charge >= 0.3 is 0 Å². The fraction of sp³-hybridized carbons (Fsp3) is 0.412. The van der Waals surface area contributed by atoms with E-state index >= 15 is 0 Å². The molecule has 3 heteroatoms. The van der Waals surface area contributed by atoms with Crippen LogP contribution in [-0.2, 0) is 0 Å². The molecule has 0 saturated heterocycles. The summed E-state index contributed by atoms with van der Waals surface area (Å²) in [6.07, 6.45) is 0. The first-order chi connectivity index (χ1) is 9.50. The number of nitrogens with zero attached hydrogens (tertiary/aromatic N) is 1. The highest BCUT2D eigenvalue weighted by Crippen LogP contribution is 2.22. The van der Waals surface area contributed by atoms with E-state index in [1.165, 1.54) is 0 Å². The van der Waals surface area contributed by atoms with E-state index in [9.17, 15) is 4.79 Å². The monoisotopic (exact) mass is 272 g/mol. The highest BCUT2D eigenvalue weighted by molar-refractivity contribution is 6.07. The van der Waals surface area contributed by atoms with Crippen molar-refractivity contribution in [2.45, 2.75) is 47.6 Å². The summed E-state index contributed by atoms with van der Waals surface area (Å²) in [4.78, 5) is 16.8. The van der Waals surface area contributed by atoms with Gasteiger partial charge in [-0.25, -0.2) is 0 Å². The lowest BCUT2D eigenvalue weighted by molar-refractivity contribution is 0.0944. The Morgan fingerprint density at radius 2 is 1.75 bits per heavy atom. The molecule has 2 rings (SSSR count). The predicted octanol–water partition coefficient (Wildman–Crippen LogP) is 4.02. The summed E-state index contributed by atoms with van der Waals surface area (Å²) in [5.41, 5.74) is 3.47. The summed E-state index contributed by atoms with van der Waals surface area (Å²) < 4.78 is 0. The largest absolute Gasteiger partial charge is 0.350 e. The van der Waals surface area contributed by atoms with Gasteiger partial charge in [-0.3, -0.25) is 9.78 Å². The molecule has 2 aromatic rings. The van der Waals surface area contributed by atoms with Crippen LogP contribution in [0.25, 0.3) is 10.9 Å². The topological polar surface area (TPSA) is 42.0 Å². The molecule has 0 saturated carbocycles. The van der Waals surface area contributed by atoms with E-state index in [4.69, 9.17) is 0 Å². The van der Waals surface area contributed by atoms with E-state index in [0.29, 0.717) is 0 Å². The van der Waals surface area contributed by atoms with Crippen molar-refractivity contribution in [1.29, 1.82) is 0 Å². The lowest BCUT2D eigenvalue weighted by Gasteiger charge is -2.14. The summed E-state index contributed by atoms with van der Waals surface area (Å²) in [6, 6.07) is 7.89. The Balaban J connectivity index is 0.000000956. The van der Waals surface area contributed by atoms with Crippen LogP contribution in [0.4, 0.5) is 0 Å². The third-order valence-corrected chi connectivity index (χ3v) is 3.03. The minimum atomic E-state index is -0.0239. The Hall–Kier alpha value is -1.90. The van der Waals surface area contributed by atoms with Gasteiger partial charge in [0, 0.05) is 17.1 Å². The zero-order chi connectivity index (χ0) is 15.3. The standard InChI is InChI=1S/C15H18N2O.C2H6/c1-9(2)16-15(18)14-10(3)11(4)17-13-8-6-5-7-12(13)14;1-2/h5-9H,1-4H3,(H,16,18);1-2H3. The van der Waals surface area contributed by atoms with Gasteiger partial charge in [-0.15, -0.1) is 0 Å². The highest BCUT2D eigenvalue weighted by atomic mass is 16.1. The van der Waals surface area contributed by atoms with Crippen molar-refractivity contribution >= 4 is 16.8 Å². The quantitative estimate of drug-likeness (QED) is 0.897. The van der Waals surface area contributed by atoms with E-state index in [0.717, 1.165) is 27.7 Å². The van der Waals surface area contributed by atoms with E-state index in [1.54, 1.807) is 0 Å². The van der Waals surface area contributed by atoms with Gasteiger partial charge in [-0.2, -0.15) is 0 Å². The van der Waals surface area contributed by atoms with Crippen LogP contribution in [-0.4, -0.2) is 16.9 Å². The van der Waals surface area contributed by atoms with Crippen LogP contribution in [0, 0.1) is 13.8 Å². The number of nitrogens with one attached hydrogen (secondary N) is 1. The zero-order valence-corrected chi connectivity index (χ0v) is 13.2. The maximum Gasteiger partial charge on any atom is 0.252 e. The lowest BCUT2D eigenvalue weighted by atomic mass is 10.0. The summed E-state index contributed by atoms with van der Waals surface area (Å²) in [6.45, 7) is 11.8. The van der Waals surface area contributed by atoms with E-state index in [1.807, 2.05) is 65.8 Å². The van der Waals surface area contributed by atoms with Crippen molar-refractivity contribution in [3.63, 3.8) is 0 Å². The average Bonchev–Trinajstić information content (AvgIpc) is 2.41. The fourth-order valence-electron chi connectivity index (χ4n) is 2.06. The first-order valence-corrected chi connectivity index (χ1v) is 7.17. The first-order valence-electron chi connectivity index (χ1n) is 7.17. The molecule has 0 unspecified atom stereocenters. The Kier molecular flexibility index (Phi) is 5.68. The number of carbonyl (C=O) groups excluding carboxylic acids is 1. The van der Waals surface area contributed by atoms with Gasteiger partial charge in [0.25, 0.3) is 5.91 Å². The van der Waals surface area contributed by atoms with Crippen molar-refractivity contribution in [2.24, 2.45) is 0 Å². The average molecular weight is 272 g/mol. The number of hydrogen-bond acceptors (Lipinski definition) is 2. The molecular formula is C17H24N2O. The number of pyridine rings is 1. The molecule has 108 valence electrons. The molecule has 0 aliphatic carbocycles. The van der Waals surface area contributed by atoms with Gasteiger partial charge in [-0.1, -0.05) is 32.0 Å². The number of benzene rings is 1. The predicted molar refractivity (Wildman–Crippen MR) is 85.2 cm³/mol. The smallest absolute Gasteiger partial charge is 0.252 e.